The highest BCUT2D eigenvalue weighted by atomic mass is 16.5. The minimum atomic E-state index is -0.792. The molecule has 0 aromatic heterocycles. The van der Waals surface area contributed by atoms with Crippen molar-refractivity contribution in [2.24, 2.45) is 5.41 Å². The van der Waals surface area contributed by atoms with E-state index in [4.69, 9.17) is 9.84 Å². The molecule has 2 amide bonds. The highest BCUT2D eigenvalue weighted by Crippen LogP contribution is 2.56. The monoisotopic (exact) mass is 381 g/mol. The summed E-state index contributed by atoms with van der Waals surface area (Å²) in [6, 6.07) is 0.682. The van der Waals surface area contributed by atoms with Gasteiger partial charge in [-0.05, 0) is 45.6 Å². The van der Waals surface area contributed by atoms with Crippen LogP contribution in [0.15, 0.2) is 0 Å². The second kappa shape index (κ2) is 8.35. The number of amides is 2. The molecule has 2 N–H and O–H groups in total. The van der Waals surface area contributed by atoms with Crippen LogP contribution in [0.4, 0.5) is 4.79 Å². The Balaban J connectivity index is 1.49. The minimum absolute atomic E-state index is 0.00552. The molecule has 2 atom stereocenters. The quantitative estimate of drug-likeness (QED) is 0.674. The lowest BCUT2D eigenvalue weighted by Crippen LogP contribution is -2.66. The number of hydrogen-bond donors (Lipinski definition) is 2. The number of carbonyl (C=O) groups is 2. The molecule has 3 aliphatic carbocycles. The maximum absolute atomic E-state index is 12.8. The zero-order valence-electron chi connectivity index (χ0n) is 16.9. The summed E-state index contributed by atoms with van der Waals surface area (Å²) in [5.74, 6) is -0.792. The van der Waals surface area contributed by atoms with Crippen LogP contribution in [0, 0.1) is 5.41 Å². The van der Waals surface area contributed by atoms with Crippen LogP contribution in [0.1, 0.15) is 58.8 Å². The van der Waals surface area contributed by atoms with Gasteiger partial charge in [0.05, 0.1) is 12.6 Å². The summed E-state index contributed by atoms with van der Waals surface area (Å²) >= 11 is 0. The Kier molecular flexibility index (Phi) is 6.31. The molecule has 2 unspecified atom stereocenters. The number of ether oxygens (including phenoxy) is 1. The Morgan fingerprint density at radius 3 is 2.41 bits per heavy atom. The van der Waals surface area contributed by atoms with Gasteiger partial charge < -0.3 is 20.1 Å². The van der Waals surface area contributed by atoms with Crippen LogP contribution in [-0.2, 0) is 9.53 Å². The molecule has 0 aromatic rings. The molecule has 0 aromatic carbocycles. The van der Waals surface area contributed by atoms with Gasteiger partial charge in [-0.1, -0.05) is 19.8 Å². The molecule has 3 aliphatic rings. The Labute approximate surface area is 162 Å². The van der Waals surface area contributed by atoms with E-state index < -0.39 is 5.97 Å². The first kappa shape index (κ1) is 20.4. The Bertz CT molecular complexity index is 543. The number of carboxylic acids is 1. The number of nitrogens with one attached hydrogen (secondary N) is 1. The van der Waals surface area contributed by atoms with E-state index in [-0.39, 0.29) is 36.1 Å². The minimum Gasteiger partial charge on any atom is -0.480 e. The molecule has 0 radical (unpaired) electrons. The predicted octanol–water partition coefficient (Wildman–Crippen LogP) is 2.30. The SMILES string of the molecule is CCOC1CC(N(C)C(=O)NC2CC(N(CC)CC(=O)O)C2)C12CCCC2. The number of urea groups is 1. The van der Waals surface area contributed by atoms with Gasteiger partial charge in [0.1, 0.15) is 0 Å². The maximum atomic E-state index is 12.8. The van der Waals surface area contributed by atoms with Gasteiger partial charge in [-0.3, -0.25) is 9.69 Å². The van der Waals surface area contributed by atoms with Crippen LogP contribution < -0.4 is 5.32 Å². The first-order valence-electron chi connectivity index (χ1n) is 10.5. The number of carbonyl (C=O) groups excluding carboxylic acids is 1. The molecule has 154 valence electrons. The van der Waals surface area contributed by atoms with E-state index >= 15 is 0 Å². The van der Waals surface area contributed by atoms with Crippen molar-refractivity contribution in [3.63, 3.8) is 0 Å². The van der Waals surface area contributed by atoms with Gasteiger partial charge >= 0.3 is 12.0 Å². The number of carboxylic acid groups (broad SMARTS) is 1. The molecule has 0 heterocycles. The fourth-order valence-electron chi connectivity index (χ4n) is 5.49. The fraction of sp³-hybridized carbons (Fsp3) is 0.900. The topological polar surface area (TPSA) is 82.1 Å². The van der Waals surface area contributed by atoms with Crippen molar-refractivity contribution >= 4 is 12.0 Å². The highest BCUT2D eigenvalue weighted by Gasteiger charge is 2.59. The summed E-state index contributed by atoms with van der Waals surface area (Å²) in [4.78, 5) is 27.6. The van der Waals surface area contributed by atoms with Crippen LogP contribution in [0.25, 0.3) is 0 Å². The van der Waals surface area contributed by atoms with Crippen LogP contribution >= 0.6 is 0 Å². The number of hydrogen-bond acceptors (Lipinski definition) is 4. The fourth-order valence-corrected chi connectivity index (χ4v) is 5.49. The molecular formula is C20H35N3O4. The van der Waals surface area contributed by atoms with E-state index in [0.717, 1.165) is 45.3 Å². The number of nitrogens with zero attached hydrogens (tertiary/aromatic N) is 2. The third kappa shape index (κ3) is 3.94. The van der Waals surface area contributed by atoms with E-state index in [1.54, 1.807) is 0 Å². The molecule has 3 saturated carbocycles. The van der Waals surface area contributed by atoms with Crippen molar-refractivity contribution in [2.45, 2.75) is 83.0 Å². The largest absolute Gasteiger partial charge is 0.480 e. The number of likely N-dealkylation sites (N-methyl/N-ethyl adjacent to an activating group) is 1. The lowest BCUT2D eigenvalue weighted by Gasteiger charge is -2.57. The predicted molar refractivity (Wildman–Crippen MR) is 103 cm³/mol. The Morgan fingerprint density at radius 1 is 1.19 bits per heavy atom. The second-order valence-corrected chi connectivity index (χ2v) is 8.48. The normalized spacial score (nSPS) is 31.4. The Hall–Kier alpha value is -1.34. The van der Waals surface area contributed by atoms with E-state index in [1.807, 2.05) is 30.7 Å². The first-order valence-corrected chi connectivity index (χ1v) is 10.5. The van der Waals surface area contributed by atoms with Crippen molar-refractivity contribution in [3.8, 4) is 0 Å². The van der Waals surface area contributed by atoms with Crippen molar-refractivity contribution in [2.75, 3.05) is 26.7 Å². The van der Waals surface area contributed by atoms with Gasteiger partial charge in [0.15, 0.2) is 0 Å². The van der Waals surface area contributed by atoms with Crippen LogP contribution in [0.3, 0.4) is 0 Å². The molecule has 0 aliphatic heterocycles. The first-order chi connectivity index (χ1) is 12.9. The van der Waals surface area contributed by atoms with Crippen molar-refractivity contribution < 1.29 is 19.4 Å². The highest BCUT2D eigenvalue weighted by molar-refractivity contribution is 5.75. The smallest absolute Gasteiger partial charge is 0.317 e. The van der Waals surface area contributed by atoms with Crippen LogP contribution in [0.5, 0.6) is 0 Å². The summed E-state index contributed by atoms with van der Waals surface area (Å²) in [5.41, 5.74) is 0.157. The third-order valence-electron chi connectivity index (χ3n) is 7.13. The molecule has 3 fully saturated rings. The van der Waals surface area contributed by atoms with Crippen LogP contribution in [-0.4, -0.2) is 77.9 Å². The molecular weight excluding hydrogens is 346 g/mol. The molecule has 27 heavy (non-hydrogen) atoms. The van der Waals surface area contributed by atoms with Gasteiger partial charge in [-0.2, -0.15) is 0 Å². The standard InChI is InChI=1S/C20H35N3O4/c1-4-23(13-18(24)25)15-10-14(11-15)21-19(26)22(3)16-12-17(27-5-2)20(16)8-6-7-9-20/h14-17H,4-13H2,1-3H3,(H,21,26)(H,24,25). The molecule has 3 rings (SSSR count). The van der Waals surface area contributed by atoms with E-state index in [1.165, 1.54) is 12.8 Å². The van der Waals surface area contributed by atoms with Gasteiger partial charge in [-0.25, -0.2) is 4.79 Å². The zero-order valence-corrected chi connectivity index (χ0v) is 16.9. The van der Waals surface area contributed by atoms with E-state index in [2.05, 4.69) is 5.32 Å². The molecule has 0 bridgehead atoms. The number of aliphatic carboxylic acids is 1. The summed E-state index contributed by atoms with van der Waals surface area (Å²) in [6.07, 6.45) is 7.68. The van der Waals surface area contributed by atoms with Gasteiger partial charge in [0, 0.05) is 37.2 Å². The van der Waals surface area contributed by atoms with Crippen molar-refractivity contribution in [1.29, 1.82) is 0 Å². The average Bonchev–Trinajstić information content (AvgIpc) is 3.11. The summed E-state index contributed by atoms with van der Waals surface area (Å²) < 4.78 is 5.96. The molecule has 1 spiro atoms. The summed E-state index contributed by atoms with van der Waals surface area (Å²) in [7, 11) is 1.92. The van der Waals surface area contributed by atoms with Crippen molar-refractivity contribution in [1.82, 2.24) is 15.1 Å². The second-order valence-electron chi connectivity index (χ2n) is 8.48. The average molecular weight is 382 g/mol. The van der Waals surface area contributed by atoms with E-state index in [9.17, 15) is 9.59 Å². The lowest BCUT2D eigenvalue weighted by atomic mass is 9.60. The van der Waals surface area contributed by atoms with Gasteiger partial charge in [0.25, 0.3) is 0 Å². The molecule has 0 saturated heterocycles. The van der Waals surface area contributed by atoms with Crippen LogP contribution in [0.2, 0.25) is 0 Å². The summed E-state index contributed by atoms with van der Waals surface area (Å²) in [5, 5.41) is 12.1. The number of rotatable bonds is 8. The van der Waals surface area contributed by atoms with Crippen molar-refractivity contribution in [3.05, 3.63) is 0 Å². The zero-order chi connectivity index (χ0) is 19.6. The van der Waals surface area contributed by atoms with Gasteiger partial charge in [0.2, 0.25) is 0 Å². The lowest BCUT2D eigenvalue weighted by molar-refractivity contribution is -0.151. The van der Waals surface area contributed by atoms with E-state index in [0.29, 0.717) is 6.10 Å². The molecule has 7 nitrogen and oxygen atoms in total. The maximum Gasteiger partial charge on any atom is 0.317 e. The van der Waals surface area contributed by atoms with Gasteiger partial charge in [-0.15, -0.1) is 0 Å². The third-order valence-corrected chi connectivity index (χ3v) is 7.13. The molecule has 7 heteroatoms. The summed E-state index contributed by atoms with van der Waals surface area (Å²) in [6.45, 7) is 5.56. The Morgan fingerprint density at radius 2 is 1.85 bits per heavy atom.